The number of anilines is 2. The monoisotopic (exact) mass is 542 g/mol. The standard InChI is InChI=1S/C21H15BrClF3N4O3/c1-27-19(31)17-10-13(6-7-28-17)33-18-5-3-12(9-16(18)23)30-20(32)29-11-2-4-15(22)14(8-11)21(24,25)26/h2-10H,1H3,(H,27,31)(H2,29,30,32). The molecule has 12 heteroatoms. The molecule has 0 unspecified atom stereocenters. The van der Waals surface area contributed by atoms with Crippen LogP contribution in [0.5, 0.6) is 11.5 Å². The predicted molar refractivity (Wildman–Crippen MR) is 121 cm³/mol. The Balaban J connectivity index is 1.68. The van der Waals surface area contributed by atoms with Gasteiger partial charge in [-0.25, -0.2) is 4.79 Å². The number of rotatable bonds is 5. The largest absolute Gasteiger partial charge is 0.456 e. The summed E-state index contributed by atoms with van der Waals surface area (Å²) in [6.45, 7) is 0. The van der Waals surface area contributed by atoms with Crippen molar-refractivity contribution in [1.82, 2.24) is 10.3 Å². The number of benzene rings is 2. The molecule has 33 heavy (non-hydrogen) atoms. The van der Waals surface area contributed by atoms with Crippen LogP contribution in [-0.2, 0) is 6.18 Å². The Morgan fingerprint density at radius 2 is 1.70 bits per heavy atom. The molecule has 1 aromatic heterocycles. The van der Waals surface area contributed by atoms with Crippen LogP contribution in [0.2, 0.25) is 5.02 Å². The molecule has 0 saturated heterocycles. The Morgan fingerprint density at radius 1 is 1.03 bits per heavy atom. The maximum absolute atomic E-state index is 13.0. The predicted octanol–water partition coefficient (Wildman–Crippen LogP) is 6.31. The summed E-state index contributed by atoms with van der Waals surface area (Å²) in [6, 6.07) is 9.91. The fraction of sp³-hybridized carbons (Fsp3) is 0.0952. The topological polar surface area (TPSA) is 92.4 Å². The number of amides is 3. The molecule has 0 saturated carbocycles. The highest BCUT2D eigenvalue weighted by molar-refractivity contribution is 9.10. The molecule has 0 aliphatic rings. The molecule has 0 spiro atoms. The third kappa shape index (κ3) is 6.36. The molecule has 7 nitrogen and oxygen atoms in total. The number of urea groups is 1. The zero-order valence-electron chi connectivity index (χ0n) is 16.8. The quantitative estimate of drug-likeness (QED) is 0.352. The first-order valence-electron chi connectivity index (χ1n) is 9.17. The number of carbonyl (C=O) groups excluding carboxylic acids is 2. The molecule has 0 aliphatic heterocycles. The van der Waals surface area contributed by atoms with Crippen LogP contribution in [0, 0.1) is 0 Å². The molecule has 0 aliphatic carbocycles. The van der Waals surface area contributed by atoms with Crippen molar-refractivity contribution in [3.8, 4) is 11.5 Å². The lowest BCUT2D eigenvalue weighted by molar-refractivity contribution is -0.138. The lowest BCUT2D eigenvalue weighted by atomic mass is 10.2. The first-order valence-corrected chi connectivity index (χ1v) is 10.3. The Kier molecular flexibility index (Phi) is 7.44. The maximum atomic E-state index is 13.0. The number of halogens is 5. The van der Waals surface area contributed by atoms with Gasteiger partial charge in [0.2, 0.25) is 0 Å². The second-order valence-electron chi connectivity index (χ2n) is 6.47. The Morgan fingerprint density at radius 3 is 2.33 bits per heavy atom. The van der Waals surface area contributed by atoms with Crippen LogP contribution in [0.4, 0.5) is 29.3 Å². The van der Waals surface area contributed by atoms with Crippen LogP contribution >= 0.6 is 27.5 Å². The molecule has 172 valence electrons. The minimum Gasteiger partial charge on any atom is -0.456 e. The molecule has 0 fully saturated rings. The summed E-state index contributed by atoms with van der Waals surface area (Å²) >= 11 is 9.06. The van der Waals surface area contributed by atoms with Crippen LogP contribution in [0.3, 0.4) is 0 Å². The molecule has 2 aromatic carbocycles. The smallest absolute Gasteiger partial charge is 0.417 e. The zero-order chi connectivity index (χ0) is 24.2. The van der Waals surface area contributed by atoms with Gasteiger partial charge in [0.15, 0.2) is 0 Å². The van der Waals surface area contributed by atoms with Gasteiger partial charge in [-0.3, -0.25) is 9.78 Å². The lowest BCUT2D eigenvalue weighted by Gasteiger charge is -2.13. The minimum atomic E-state index is -4.58. The SMILES string of the molecule is CNC(=O)c1cc(Oc2ccc(NC(=O)Nc3ccc(Br)c(C(F)(F)F)c3)cc2Cl)ccn1. The summed E-state index contributed by atoms with van der Waals surface area (Å²) in [5, 5.41) is 7.42. The van der Waals surface area contributed by atoms with E-state index >= 15 is 0 Å². The second-order valence-corrected chi connectivity index (χ2v) is 7.74. The number of carbonyl (C=O) groups is 2. The average Bonchev–Trinajstić information content (AvgIpc) is 2.76. The van der Waals surface area contributed by atoms with Gasteiger partial charge in [-0.1, -0.05) is 27.5 Å². The van der Waals surface area contributed by atoms with Crippen molar-refractivity contribution in [2.24, 2.45) is 0 Å². The van der Waals surface area contributed by atoms with Gasteiger partial charge in [0.05, 0.1) is 10.6 Å². The Bertz CT molecular complexity index is 1210. The minimum absolute atomic E-state index is 0.0429. The van der Waals surface area contributed by atoms with E-state index in [1.165, 1.54) is 55.7 Å². The molecule has 0 radical (unpaired) electrons. The van der Waals surface area contributed by atoms with E-state index in [2.05, 4.69) is 36.9 Å². The molecule has 3 rings (SSSR count). The third-order valence-electron chi connectivity index (χ3n) is 4.14. The molecule has 3 N–H and O–H groups in total. The summed E-state index contributed by atoms with van der Waals surface area (Å²) in [6.07, 6.45) is -3.17. The first kappa shape index (κ1) is 24.3. The van der Waals surface area contributed by atoms with Crippen LogP contribution in [0.1, 0.15) is 16.1 Å². The number of hydrogen-bond acceptors (Lipinski definition) is 4. The number of nitrogens with zero attached hydrogens (tertiary/aromatic N) is 1. The molecule has 0 atom stereocenters. The van der Waals surface area contributed by atoms with Gasteiger partial charge in [-0.15, -0.1) is 0 Å². The van der Waals surface area contributed by atoms with E-state index in [4.69, 9.17) is 16.3 Å². The van der Waals surface area contributed by atoms with Gasteiger partial charge >= 0.3 is 12.2 Å². The van der Waals surface area contributed by atoms with Crippen molar-refractivity contribution in [3.05, 3.63) is 75.5 Å². The molecule has 3 aromatic rings. The lowest BCUT2D eigenvalue weighted by Crippen LogP contribution is -2.20. The highest BCUT2D eigenvalue weighted by Crippen LogP contribution is 2.36. The van der Waals surface area contributed by atoms with E-state index in [1.54, 1.807) is 0 Å². The van der Waals surface area contributed by atoms with Gasteiger partial charge in [-0.2, -0.15) is 13.2 Å². The molecule has 3 amide bonds. The number of aromatic nitrogens is 1. The average molecular weight is 544 g/mol. The fourth-order valence-corrected chi connectivity index (χ4v) is 3.32. The summed E-state index contributed by atoms with van der Waals surface area (Å²) in [5.41, 5.74) is -0.527. The molecule has 0 bridgehead atoms. The first-order chi connectivity index (χ1) is 15.6. The van der Waals surface area contributed by atoms with Crippen LogP contribution < -0.4 is 20.7 Å². The highest BCUT2D eigenvalue weighted by Gasteiger charge is 2.33. The van der Waals surface area contributed by atoms with Gasteiger partial charge in [0.25, 0.3) is 5.91 Å². The summed E-state index contributed by atoms with van der Waals surface area (Å²) in [4.78, 5) is 27.8. The third-order valence-corrected chi connectivity index (χ3v) is 5.13. The van der Waals surface area contributed by atoms with E-state index in [1.807, 2.05) is 0 Å². The van der Waals surface area contributed by atoms with Crippen molar-refractivity contribution in [1.29, 1.82) is 0 Å². The zero-order valence-corrected chi connectivity index (χ0v) is 19.1. The number of alkyl halides is 3. The second kappa shape index (κ2) is 10.1. The molecular weight excluding hydrogens is 529 g/mol. The Labute approximate surface area is 199 Å². The fourth-order valence-electron chi connectivity index (χ4n) is 2.63. The van der Waals surface area contributed by atoms with Crippen molar-refractivity contribution in [3.63, 3.8) is 0 Å². The van der Waals surface area contributed by atoms with Gasteiger partial charge < -0.3 is 20.7 Å². The summed E-state index contributed by atoms with van der Waals surface area (Å²) in [5.74, 6) is 0.185. The van der Waals surface area contributed by atoms with E-state index in [9.17, 15) is 22.8 Å². The highest BCUT2D eigenvalue weighted by atomic mass is 79.9. The van der Waals surface area contributed by atoms with Crippen LogP contribution in [-0.4, -0.2) is 24.0 Å². The maximum Gasteiger partial charge on any atom is 0.417 e. The molecular formula is C21H15BrClF3N4O3. The van der Waals surface area contributed by atoms with Crippen molar-refractivity contribution in [2.75, 3.05) is 17.7 Å². The van der Waals surface area contributed by atoms with Gasteiger partial charge in [0.1, 0.15) is 17.2 Å². The summed E-state index contributed by atoms with van der Waals surface area (Å²) in [7, 11) is 1.47. The van der Waals surface area contributed by atoms with Crippen molar-refractivity contribution >= 4 is 50.8 Å². The number of hydrogen-bond donors (Lipinski definition) is 3. The van der Waals surface area contributed by atoms with E-state index < -0.39 is 17.8 Å². The van der Waals surface area contributed by atoms with Crippen LogP contribution in [0.25, 0.3) is 0 Å². The van der Waals surface area contributed by atoms with Crippen molar-refractivity contribution in [2.45, 2.75) is 6.18 Å². The number of nitrogens with one attached hydrogen (secondary N) is 3. The van der Waals surface area contributed by atoms with E-state index in [0.29, 0.717) is 5.75 Å². The van der Waals surface area contributed by atoms with Crippen LogP contribution in [0.15, 0.2) is 59.2 Å². The van der Waals surface area contributed by atoms with Gasteiger partial charge in [-0.05, 0) is 42.5 Å². The van der Waals surface area contributed by atoms with Crippen molar-refractivity contribution < 1.29 is 27.5 Å². The number of ether oxygens (including phenoxy) is 1. The number of pyridine rings is 1. The van der Waals surface area contributed by atoms with E-state index in [0.717, 1.165) is 6.07 Å². The van der Waals surface area contributed by atoms with E-state index in [-0.39, 0.29) is 38.2 Å². The molecule has 1 heterocycles. The van der Waals surface area contributed by atoms with Gasteiger partial charge in [0, 0.05) is 35.2 Å². The normalized spacial score (nSPS) is 11.0. The Hall–Kier alpha value is -3.31. The summed E-state index contributed by atoms with van der Waals surface area (Å²) < 4.78 is 44.6.